The number of rotatable bonds is 6. The molecule has 112 valence electrons. The van der Waals surface area contributed by atoms with Gasteiger partial charge in [-0.25, -0.2) is 0 Å². The Morgan fingerprint density at radius 2 is 2.35 bits per heavy atom. The van der Waals surface area contributed by atoms with E-state index in [9.17, 15) is 4.79 Å². The number of hydrogen-bond donors (Lipinski definition) is 2. The summed E-state index contributed by atoms with van der Waals surface area (Å²) in [6, 6.07) is 8.27. The topological polar surface area (TPSA) is 50.4 Å². The number of carbonyl (C=O) groups is 1. The fourth-order valence-corrected chi connectivity index (χ4v) is 2.21. The fourth-order valence-electron chi connectivity index (χ4n) is 2.21. The molecule has 1 amide bonds. The van der Waals surface area contributed by atoms with E-state index in [2.05, 4.69) is 10.6 Å². The minimum atomic E-state index is 0. The molecule has 0 radical (unpaired) electrons. The van der Waals surface area contributed by atoms with E-state index in [1.807, 2.05) is 31.2 Å². The summed E-state index contributed by atoms with van der Waals surface area (Å²) < 4.78 is 5.61. The van der Waals surface area contributed by atoms with Crippen LogP contribution in [0.15, 0.2) is 24.3 Å². The Balaban J connectivity index is 0.00000200. The zero-order chi connectivity index (χ0) is 13.5. The predicted molar refractivity (Wildman–Crippen MR) is 82.6 cm³/mol. The van der Waals surface area contributed by atoms with Crippen molar-refractivity contribution >= 4 is 18.3 Å². The third-order valence-corrected chi connectivity index (χ3v) is 3.23. The van der Waals surface area contributed by atoms with Crippen molar-refractivity contribution in [2.75, 3.05) is 19.7 Å². The number of amides is 1. The van der Waals surface area contributed by atoms with Gasteiger partial charge in [-0.05, 0) is 44.0 Å². The molecule has 0 spiro atoms. The second-order valence-corrected chi connectivity index (χ2v) is 5.03. The second-order valence-electron chi connectivity index (χ2n) is 5.03. The molecule has 4 nitrogen and oxygen atoms in total. The van der Waals surface area contributed by atoms with Crippen LogP contribution >= 0.6 is 12.4 Å². The molecule has 1 aliphatic rings. The van der Waals surface area contributed by atoms with Gasteiger partial charge in [0, 0.05) is 19.0 Å². The third-order valence-electron chi connectivity index (χ3n) is 3.23. The average Bonchev–Trinajstić information content (AvgIpc) is 2.87. The van der Waals surface area contributed by atoms with Crippen LogP contribution < -0.4 is 15.4 Å². The Bertz CT molecular complexity index is 420. The van der Waals surface area contributed by atoms with Gasteiger partial charge in [-0.15, -0.1) is 12.4 Å². The number of aryl methyl sites for hydroxylation is 1. The van der Waals surface area contributed by atoms with Gasteiger partial charge in [-0.1, -0.05) is 12.1 Å². The van der Waals surface area contributed by atoms with Crippen molar-refractivity contribution in [1.29, 1.82) is 0 Å². The zero-order valence-corrected chi connectivity index (χ0v) is 12.7. The van der Waals surface area contributed by atoms with E-state index in [4.69, 9.17) is 4.74 Å². The number of carbonyl (C=O) groups excluding carboxylic acids is 1. The van der Waals surface area contributed by atoms with Crippen LogP contribution in [-0.4, -0.2) is 31.6 Å². The first kappa shape index (κ1) is 16.8. The van der Waals surface area contributed by atoms with Crippen LogP contribution in [0.25, 0.3) is 0 Å². The standard InChI is InChI=1S/C15H22N2O2.ClH/c1-12-4-2-5-14(10-12)19-9-3-6-15(18)17-13-7-8-16-11-13;/h2,4-5,10,13,16H,3,6-9,11H2,1H3,(H,17,18);1H. The minimum Gasteiger partial charge on any atom is -0.494 e. The molecule has 1 aliphatic heterocycles. The molecule has 0 saturated carbocycles. The van der Waals surface area contributed by atoms with Crippen molar-refractivity contribution in [2.24, 2.45) is 0 Å². The maximum Gasteiger partial charge on any atom is 0.220 e. The summed E-state index contributed by atoms with van der Waals surface area (Å²) in [6.07, 6.45) is 2.31. The summed E-state index contributed by atoms with van der Waals surface area (Å²) in [5.41, 5.74) is 1.18. The van der Waals surface area contributed by atoms with Crippen molar-refractivity contribution < 1.29 is 9.53 Å². The van der Waals surface area contributed by atoms with Crippen molar-refractivity contribution in [3.63, 3.8) is 0 Å². The largest absolute Gasteiger partial charge is 0.494 e. The Labute approximate surface area is 126 Å². The maximum atomic E-state index is 11.7. The van der Waals surface area contributed by atoms with Crippen molar-refractivity contribution in [2.45, 2.75) is 32.2 Å². The summed E-state index contributed by atoms with van der Waals surface area (Å²) >= 11 is 0. The summed E-state index contributed by atoms with van der Waals surface area (Å²) in [5.74, 6) is 1.00. The second kappa shape index (κ2) is 8.82. The van der Waals surface area contributed by atoms with Gasteiger partial charge < -0.3 is 15.4 Å². The predicted octanol–water partition coefficient (Wildman–Crippen LogP) is 2.05. The molecule has 20 heavy (non-hydrogen) atoms. The minimum absolute atomic E-state index is 0. The Hall–Kier alpha value is -1.26. The molecule has 1 fully saturated rings. The summed E-state index contributed by atoms with van der Waals surface area (Å²) in [4.78, 5) is 11.7. The van der Waals surface area contributed by atoms with Gasteiger partial charge in [0.05, 0.1) is 6.61 Å². The van der Waals surface area contributed by atoms with E-state index < -0.39 is 0 Å². The van der Waals surface area contributed by atoms with Crippen LogP contribution in [0, 0.1) is 6.92 Å². The Kier molecular flexibility index (Phi) is 7.41. The SMILES string of the molecule is Cc1cccc(OCCCC(=O)NC2CCNC2)c1.Cl. The average molecular weight is 299 g/mol. The van der Waals surface area contributed by atoms with Crippen LogP contribution in [0.4, 0.5) is 0 Å². The normalized spacial score (nSPS) is 17.4. The van der Waals surface area contributed by atoms with E-state index in [-0.39, 0.29) is 18.3 Å². The molecule has 1 heterocycles. The Morgan fingerprint density at radius 1 is 1.50 bits per heavy atom. The van der Waals surface area contributed by atoms with Crippen LogP contribution in [-0.2, 0) is 4.79 Å². The van der Waals surface area contributed by atoms with Crippen LogP contribution in [0.5, 0.6) is 5.75 Å². The van der Waals surface area contributed by atoms with Gasteiger partial charge in [0.1, 0.15) is 5.75 Å². The number of nitrogens with one attached hydrogen (secondary N) is 2. The lowest BCUT2D eigenvalue weighted by atomic mass is 10.2. The molecule has 1 atom stereocenters. The fraction of sp³-hybridized carbons (Fsp3) is 0.533. The maximum absolute atomic E-state index is 11.7. The summed E-state index contributed by atoms with van der Waals surface area (Å²) in [6.45, 7) is 4.52. The van der Waals surface area contributed by atoms with Crippen LogP contribution in [0.3, 0.4) is 0 Å². The van der Waals surface area contributed by atoms with Crippen molar-refractivity contribution in [3.05, 3.63) is 29.8 Å². The molecular formula is C15H23ClN2O2. The van der Waals surface area contributed by atoms with Gasteiger partial charge in [0.2, 0.25) is 5.91 Å². The lowest BCUT2D eigenvalue weighted by Gasteiger charge is -2.11. The van der Waals surface area contributed by atoms with Gasteiger partial charge >= 0.3 is 0 Å². The highest BCUT2D eigenvalue weighted by Gasteiger charge is 2.15. The van der Waals surface area contributed by atoms with E-state index in [1.54, 1.807) is 0 Å². The van der Waals surface area contributed by atoms with Gasteiger partial charge in [-0.2, -0.15) is 0 Å². The molecule has 0 bridgehead atoms. The smallest absolute Gasteiger partial charge is 0.220 e. The lowest BCUT2D eigenvalue weighted by Crippen LogP contribution is -2.36. The third kappa shape index (κ3) is 5.80. The quantitative estimate of drug-likeness (QED) is 0.790. The number of benzene rings is 1. The summed E-state index contributed by atoms with van der Waals surface area (Å²) in [7, 11) is 0. The zero-order valence-electron chi connectivity index (χ0n) is 11.9. The first-order valence-corrected chi connectivity index (χ1v) is 6.93. The molecule has 5 heteroatoms. The molecule has 1 aromatic carbocycles. The molecule has 2 N–H and O–H groups in total. The molecule has 1 unspecified atom stereocenters. The Morgan fingerprint density at radius 3 is 3.05 bits per heavy atom. The highest BCUT2D eigenvalue weighted by Crippen LogP contribution is 2.12. The van der Waals surface area contributed by atoms with Gasteiger partial charge in [0.15, 0.2) is 0 Å². The molecule has 2 rings (SSSR count). The number of hydrogen-bond acceptors (Lipinski definition) is 3. The molecule has 1 saturated heterocycles. The summed E-state index contributed by atoms with van der Waals surface area (Å²) in [5, 5.41) is 6.26. The van der Waals surface area contributed by atoms with Gasteiger partial charge in [-0.3, -0.25) is 4.79 Å². The first-order valence-electron chi connectivity index (χ1n) is 6.93. The lowest BCUT2D eigenvalue weighted by molar-refractivity contribution is -0.121. The van der Waals surface area contributed by atoms with Crippen LogP contribution in [0.1, 0.15) is 24.8 Å². The highest BCUT2D eigenvalue weighted by molar-refractivity contribution is 5.85. The molecular weight excluding hydrogens is 276 g/mol. The van der Waals surface area contributed by atoms with E-state index in [0.29, 0.717) is 19.1 Å². The highest BCUT2D eigenvalue weighted by atomic mass is 35.5. The molecule has 0 aliphatic carbocycles. The van der Waals surface area contributed by atoms with Crippen molar-refractivity contribution in [1.82, 2.24) is 10.6 Å². The first-order chi connectivity index (χ1) is 9.24. The van der Waals surface area contributed by atoms with E-state index >= 15 is 0 Å². The number of ether oxygens (including phenoxy) is 1. The van der Waals surface area contributed by atoms with E-state index in [0.717, 1.165) is 31.7 Å². The van der Waals surface area contributed by atoms with Crippen LogP contribution in [0.2, 0.25) is 0 Å². The van der Waals surface area contributed by atoms with Gasteiger partial charge in [0.25, 0.3) is 0 Å². The van der Waals surface area contributed by atoms with Crippen molar-refractivity contribution in [3.8, 4) is 5.75 Å². The monoisotopic (exact) mass is 298 g/mol. The number of halogens is 1. The molecule has 0 aromatic heterocycles. The molecule has 1 aromatic rings. The van der Waals surface area contributed by atoms with E-state index in [1.165, 1.54) is 5.56 Å².